The molecule has 5 heteroatoms. The van der Waals surface area contributed by atoms with Crippen molar-refractivity contribution in [1.82, 2.24) is 10.2 Å². The molecule has 0 amide bonds. The van der Waals surface area contributed by atoms with E-state index in [1.165, 1.54) is 25.9 Å². The molecule has 0 radical (unpaired) electrons. The average molecular weight is 317 g/mol. The van der Waals surface area contributed by atoms with Crippen molar-refractivity contribution in [2.45, 2.75) is 26.3 Å². The molecule has 20 heavy (non-hydrogen) atoms. The minimum Gasteiger partial charge on any atom is -0.490 e. The van der Waals surface area contributed by atoms with Gasteiger partial charge in [0.2, 0.25) is 0 Å². The summed E-state index contributed by atoms with van der Waals surface area (Å²) in [6, 6.07) is 3.66. The van der Waals surface area contributed by atoms with Crippen LogP contribution in [0.15, 0.2) is 12.1 Å². The summed E-state index contributed by atoms with van der Waals surface area (Å²) in [5, 5.41) is 4.52. The van der Waals surface area contributed by atoms with Crippen LogP contribution in [0, 0.1) is 0 Å². The second-order valence-corrected chi connectivity index (χ2v) is 5.90. The van der Waals surface area contributed by atoms with Crippen molar-refractivity contribution >= 4 is 23.2 Å². The molecule has 0 saturated carbocycles. The van der Waals surface area contributed by atoms with Gasteiger partial charge in [-0.15, -0.1) is 0 Å². The summed E-state index contributed by atoms with van der Waals surface area (Å²) in [4.78, 5) is 2.42. The van der Waals surface area contributed by atoms with Crippen molar-refractivity contribution in [1.29, 1.82) is 0 Å². The maximum Gasteiger partial charge on any atom is 0.142 e. The maximum absolute atomic E-state index is 6.26. The quantitative estimate of drug-likeness (QED) is 0.832. The molecule has 1 aliphatic heterocycles. The van der Waals surface area contributed by atoms with Gasteiger partial charge in [0.1, 0.15) is 12.4 Å². The molecule has 0 aromatic heterocycles. The minimum absolute atomic E-state index is 0.590. The van der Waals surface area contributed by atoms with E-state index in [-0.39, 0.29) is 0 Å². The average Bonchev–Trinajstić information content (AvgIpc) is 2.92. The fraction of sp³-hybridized carbons (Fsp3) is 0.600. The number of hydrogen-bond acceptors (Lipinski definition) is 3. The summed E-state index contributed by atoms with van der Waals surface area (Å²) in [5.41, 5.74) is 1.02. The van der Waals surface area contributed by atoms with E-state index in [2.05, 4.69) is 17.1 Å². The standard InChI is InChI=1S/C15H22Cl2N2O/c1-2-18-11-12-9-13(16)10-14(17)15(12)20-8-7-19-5-3-4-6-19/h9-10,18H,2-8,11H2,1H3. The second kappa shape index (κ2) is 8.08. The Morgan fingerprint density at radius 2 is 2.00 bits per heavy atom. The Morgan fingerprint density at radius 3 is 2.70 bits per heavy atom. The second-order valence-electron chi connectivity index (χ2n) is 5.05. The van der Waals surface area contributed by atoms with E-state index in [0.29, 0.717) is 16.7 Å². The topological polar surface area (TPSA) is 24.5 Å². The lowest BCUT2D eigenvalue weighted by atomic mass is 10.2. The zero-order valence-corrected chi connectivity index (χ0v) is 13.4. The summed E-state index contributed by atoms with van der Waals surface area (Å²) in [7, 11) is 0. The lowest BCUT2D eigenvalue weighted by Gasteiger charge is -2.18. The molecule has 1 aliphatic rings. The first kappa shape index (κ1) is 15.9. The van der Waals surface area contributed by atoms with Crippen LogP contribution in [0.25, 0.3) is 0 Å². The van der Waals surface area contributed by atoms with Crippen LogP contribution in [0.5, 0.6) is 5.75 Å². The number of benzene rings is 1. The molecule has 1 fully saturated rings. The van der Waals surface area contributed by atoms with Gasteiger partial charge < -0.3 is 10.1 Å². The van der Waals surface area contributed by atoms with E-state index in [9.17, 15) is 0 Å². The maximum atomic E-state index is 6.26. The van der Waals surface area contributed by atoms with Crippen LogP contribution in [0.4, 0.5) is 0 Å². The van der Waals surface area contributed by atoms with Gasteiger partial charge in [0.25, 0.3) is 0 Å². The zero-order valence-electron chi connectivity index (χ0n) is 11.9. The summed E-state index contributed by atoms with van der Waals surface area (Å²) in [5.74, 6) is 0.760. The van der Waals surface area contributed by atoms with Gasteiger partial charge in [-0.05, 0) is 44.6 Å². The number of rotatable bonds is 7. The first-order valence-corrected chi connectivity index (χ1v) is 8.00. The normalized spacial score (nSPS) is 15.8. The lowest BCUT2D eigenvalue weighted by molar-refractivity contribution is 0.236. The first-order chi connectivity index (χ1) is 9.70. The Bertz CT molecular complexity index is 434. The molecular weight excluding hydrogens is 295 g/mol. The number of nitrogens with one attached hydrogen (secondary N) is 1. The molecule has 1 N–H and O–H groups in total. The van der Waals surface area contributed by atoms with Gasteiger partial charge in [0.05, 0.1) is 5.02 Å². The molecule has 112 valence electrons. The van der Waals surface area contributed by atoms with Gasteiger partial charge in [-0.3, -0.25) is 4.90 Å². The molecule has 0 unspecified atom stereocenters. The van der Waals surface area contributed by atoms with Crippen molar-refractivity contribution in [3.8, 4) is 5.75 Å². The van der Waals surface area contributed by atoms with Crippen LogP contribution in [-0.4, -0.2) is 37.7 Å². The summed E-state index contributed by atoms with van der Waals surface area (Å²) in [6.45, 7) is 7.68. The molecule has 0 spiro atoms. The molecule has 1 aromatic carbocycles. The monoisotopic (exact) mass is 316 g/mol. The van der Waals surface area contributed by atoms with Gasteiger partial charge in [0.15, 0.2) is 0 Å². The Kier molecular flexibility index (Phi) is 6.43. The number of hydrogen-bond donors (Lipinski definition) is 1. The fourth-order valence-corrected chi connectivity index (χ4v) is 3.04. The molecule has 3 nitrogen and oxygen atoms in total. The molecule has 2 rings (SSSR count). The highest BCUT2D eigenvalue weighted by atomic mass is 35.5. The predicted octanol–water partition coefficient (Wildman–Crippen LogP) is 3.58. The van der Waals surface area contributed by atoms with Gasteiger partial charge in [0, 0.05) is 23.7 Å². The van der Waals surface area contributed by atoms with E-state index in [4.69, 9.17) is 27.9 Å². The van der Waals surface area contributed by atoms with E-state index in [0.717, 1.165) is 30.9 Å². The zero-order chi connectivity index (χ0) is 14.4. The van der Waals surface area contributed by atoms with Crippen LogP contribution in [-0.2, 0) is 6.54 Å². The van der Waals surface area contributed by atoms with E-state index in [1.807, 2.05) is 6.07 Å². The van der Waals surface area contributed by atoms with Crippen LogP contribution in [0.1, 0.15) is 25.3 Å². The highest BCUT2D eigenvalue weighted by molar-refractivity contribution is 6.35. The van der Waals surface area contributed by atoms with Crippen molar-refractivity contribution < 1.29 is 4.74 Å². The van der Waals surface area contributed by atoms with Gasteiger partial charge in [-0.25, -0.2) is 0 Å². The van der Waals surface area contributed by atoms with E-state index >= 15 is 0 Å². The molecule has 1 saturated heterocycles. The largest absolute Gasteiger partial charge is 0.490 e. The molecule has 1 heterocycles. The number of ether oxygens (including phenoxy) is 1. The molecule has 0 atom stereocenters. The van der Waals surface area contributed by atoms with Crippen molar-refractivity contribution in [3.05, 3.63) is 27.7 Å². The van der Waals surface area contributed by atoms with E-state index in [1.54, 1.807) is 6.07 Å². The summed E-state index contributed by atoms with van der Waals surface area (Å²) >= 11 is 12.3. The molecular formula is C15H22Cl2N2O. The Labute approximate surface area is 131 Å². The number of likely N-dealkylation sites (tertiary alicyclic amines) is 1. The van der Waals surface area contributed by atoms with Crippen molar-refractivity contribution in [2.24, 2.45) is 0 Å². The Morgan fingerprint density at radius 1 is 1.25 bits per heavy atom. The Balaban J connectivity index is 1.96. The minimum atomic E-state index is 0.590. The lowest BCUT2D eigenvalue weighted by Crippen LogP contribution is -2.25. The van der Waals surface area contributed by atoms with Crippen molar-refractivity contribution in [3.63, 3.8) is 0 Å². The van der Waals surface area contributed by atoms with E-state index < -0.39 is 0 Å². The molecule has 0 aliphatic carbocycles. The first-order valence-electron chi connectivity index (χ1n) is 7.24. The predicted molar refractivity (Wildman–Crippen MR) is 85.0 cm³/mol. The SMILES string of the molecule is CCNCc1cc(Cl)cc(Cl)c1OCCN1CCCC1. The Hall–Kier alpha value is -0.480. The van der Waals surface area contributed by atoms with Crippen LogP contribution < -0.4 is 10.1 Å². The van der Waals surface area contributed by atoms with Crippen LogP contribution >= 0.6 is 23.2 Å². The highest BCUT2D eigenvalue weighted by Gasteiger charge is 2.13. The van der Waals surface area contributed by atoms with Crippen molar-refractivity contribution in [2.75, 3.05) is 32.8 Å². The van der Waals surface area contributed by atoms with Crippen LogP contribution in [0.3, 0.4) is 0 Å². The number of halogens is 2. The third kappa shape index (κ3) is 4.52. The molecule has 1 aromatic rings. The smallest absolute Gasteiger partial charge is 0.142 e. The third-order valence-electron chi connectivity index (χ3n) is 3.50. The van der Waals surface area contributed by atoms with Gasteiger partial charge in [-0.2, -0.15) is 0 Å². The third-order valence-corrected chi connectivity index (χ3v) is 4.00. The number of nitrogens with zero attached hydrogens (tertiary/aromatic N) is 1. The van der Waals surface area contributed by atoms with Gasteiger partial charge in [-0.1, -0.05) is 30.1 Å². The summed E-state index contributed by atoms with van der Waals surface area (Å²) in [6.07, 6.45) is 2.60. The van der Waals surface area contributed by atoms with Gasteiger partial charge >= 0.3 is 0 Å². The highest BCUT2D eigenvalue weighted by Crippen LogP contribution is 2.32. The van der Waals surface area contributed by atoms with Crippen LogP contribution in [0.2, 0.25) is 10.0 Å². The molecule has 0 bridgehead atoms. The fourth-order valence-electron chi connectivity index (χ4n) is 2.45. The summed E-state index contributed by atoms with van der Waals surface area (Å²) < 4.78 is 5.91.